The molecule has 0 saturated heterocycles. The lowest BCUT2D eigenvalue weighted by Crippen LogP contribution is -2.09. The highest BCUT2D eigenvalue weighted by Crippen LogP contribution is 2.25. The van der Waals surface area contributed by atoms with Crippen molar-refractivity contribution in [2.45, 2.75) is 90.4 Å². The number of aliphatic hydroxyl groups is 2. The Kier molecular flexibility index (Phi) is 16.2. The van der Waals surface area contributed by atoms with Gasteiger partial charge in [0.05, 0.1) is 0 Å². The first kappa shape index (κ1) is 32.6. The number of aryl methyl sites for hydroxylation is 2. The van der Waals surface area contributed by atoms with Gasteiger partial charge < -0.3 is 10.2 Å². The van der Waals surface area contributed by atoms with E-state index < -0.39 is 0 Å². The molecule has 0 aliphatic heterocycles. The number of carbonyl (C=O) groups excluding carboxylic acids is 3. The highest BCUT2D eigenvalue weighted by atomic mass is 16.3. The van der Waals surface area contributed by atoms with Crippen molar-refractivity contribution in [1.82, 2.24) is 0 Å². The standard InChI is InChI=1S/C15H20O.C13H18O2.C6H10O2/c16-15-9-5-4-8-14(12-15)11-10-13-6-2-1-3-7-13;1-11(10-14)9-13(15)8-7-12-5-3-2-4-6-12;7-4-5-1-2-6(8)3-5/h1-3,6-7,14H,4-5,8-12H2;2-6,11,14H,7-10H2,1H3;5,7H,1-4H2. The van der Waals surface area contributed by atoms with Crippen LogP contribution in [0.15, 0.2) is 60.7 Å². The first-order chi connectivity index (χ1) is 18.9. The minimum atomic E-state index is 0.0910. The van der Waals surface area contributed by atoms with Crippen LogP contribution in [0, 0.1) is 17.8 Å². The fraction of sp³-hybridized carbons (Fsp3) is 0.559. The number of rotatable bonds is 10. The highest BCUT2D eigenvalue weighted by Gasteiger charge is 2.20. The van der Waals surface area contributed by atoms with Crippen LogP contribution in [0.1, 0.15) is 88.7 Å². The van der Waals surface area contributed by atoms with Crippen LogP contribution in [0.5, 0.6) is 0 Å². The van der Waals surface area contributed by atoms with Gasteiger partial charge in [-0.1, -0.05) is 74.0 Å². The Labute approximate surface area is 235 Å². The molecule has 2 aliphatic rings. The van der Waals surface area contributed by atoms with E-state index in [4.69, 9.17) is 10.2 Å². The summed E-state index contributed by atoms with van der Waals surface area (Å²) in [5.41, 5.74) is 2.60. The number of aliphatic hydroxyl groups excluding tert-OH is 2. The van der Waals surface area contributed by atoms with Crippen molar-refractivity contribution in [2.24, 2.45) is 17.8 Å². The van der Waals surface area contributed by atoms with Gasteiger partial charge in [-0.05, 0) is 67.4 Å². The zero-order valence-electron chi connectivity index (χ0n) is 23.7. The largest absolute Gasteiger partial charge is 0.396 e. The van der Waals surface area contributed by atoms with Crippen LogP contribution < -0.4 is 0 Å². The number of carbonyl (C=O) groups is 3. The van der Waals surface area contributed by atoms with E-state index in [1.54, 1.807) is 0 Å². The Hall–Kier alpha value is -2.63. The molecule has 39 heavy (non-hydrogen) atoms. The molecule has 3 atom stereocenters. The summed E-state index contributed by atoms with van der Waals surface area (Å²) in [5, 5.41) is 17.3. The van der Waals surface area contributed by atoms with Crippen molar-refractivity contribution in [1.29, 1.82) is 0 Å². The van der Waals surface area contributed by atoms with Gasteiger partial charge in [-0.15, -0.1) is 0 Å². The van der Waals surface area contributed by atoms with Gasteiger partial charge in [0.2, 0.25) is 0 Å². The van der Waals surface area contributed by atoms with Crippen LogP contribution in [0.25, 0.3) is 0 Å². The molecule has 2 fully saturated rings. The lowest BCUT2D eigenvalue weighted by atomic mass is 9.92. The zero-order valence-corrected chi connectivity index (χ0v) is 23.7. The van der Waals surface area contributed by atoms with Crippen molar-refractivity contribution < 1.29 is 24.6 Å². The van der Waals surface area contributed by atoms with E-state index in [0.717, 1.165) is 38.5 Å². The summed E-state index contributed by atoms with van der Waals surface area (Å²) in [6, 6.07) is 20.6. The summed E-state index contributed by atoms with van der Waals surface area (Å²) < 4.78 is 0. The minimum Gasteiger partial charge on any atom is -0.396 e. The van der Waals surface area contributed by atoms with Gasteiger partial charge in [-0.25, -0.2) is 0 Å². The first-order valence-electron chi connectivity index (χ1n) is 14.7. The zero-order chi connectivity index (χ0) is 28.3. The summed E-state index contributed by atoms with van der Waals surface area (Å²) in [4.78, 5) is 33.5. The molecule has 0 radical (unpaired) electrons. The van der Waals surface area contributed by atoms with Crippen LogP contribution in [0.4, 0.5) is 0 Å². The predicted molar refractivity (Wildman–Crippen MR) is 156 cm³/mol. The van der Waals surface area contributed by atoms with E-state index in [9.17, 15) is 14.4 Å². The van der Waals surface area contributed by atoms with Crippen LogP contribution in [-0.2, 0) is 27.2 Å². The topological polar surface area (TPSA) is 91.7 Å². The summed E-state index contributed by atoms with van der Waals surface area (Å²) in [5.74, 6) is 2.03. The summed E-state index contributed by atoms with van der Waals surface area (Å²) in [7, 11) is 0. The van der Waals surface area contributed by atoms with Gasteiger partial charge >= 0.3 is 0 Å². The normalized spacial score (nSPS) is 19.7. The van der Waals surface area contributed by atoms with Crippen molar-refractivity contribution >= 4 is 17.3 Å². The van der Waals surface area contributed by atoms with Crippen LogP contribution in [-0.4, -0.2) is 40.8 Å². The molecule has 0 spiro atoms. The van der Waals surface area contributed by atoms with Gasteiger partial charge in [0.1, 0.15) is 17.3 Å². The predicted octanol–water partition coefficient (Wildman–Crippen LogP) is 6.32. The second kappa shape index (κ2) is 19.4. The van der Waals surface area contributed by atoms with Crippen LogP contribution in [0.3, 0.4) is 0 Å². The molecule has 0 aromatic heterocycles. The third-order valence-corrected chi connectivity index (χ3v) is 7.55. The molecule has 3 unspecified atom stereocenters. The quantitative estimate of drug-likeness (QED) is 0.347. The molecule has 5 heteroatoms. The van der Waals surface area contributed by atoms with E-state index in [1.807, 2.05) is 37.3 Å². The molecule has 0 bridgehead atoms. The maximum absolute atomic E-state index is 11.5. The minimum absolute atomic E-state index is 0.0910. The Morgan fingerprint density at radius 2 is 1.38 bits per heavy atom. The van der Waals surface area contributed by atoms with E-state index >= 15 is 0 Å². The lowest BCUT2D eigenvalue weighted by Gasteiger charge is -2.12. The van der Waals surface area contributed by atoms with Crippen molar-refractivity contribution in [2.75, 3.05) is 13.2 Å². The van der Waals surface area contributed by atoms with Gasteiger partial charge in [0, 0.05) is 51.7 Å². The Morgan fingerprint density at radius 1 is 0.795 bits per heavy atom. The van der Waals surface area contributed by atoms with Gasteiger partial charge in [-0.3, -0.25) is 14.4 Å². The van der Waals surface area contributed by atoms with Crippen LogP contribution in [0.2, 0.25) is 0 Å². The SMILES string of the molecule is CC(CO)CC(=O)CCc1ccccc1.O=C1CCC(CO)C1.O=C1CCCCC(CCc2ccccc2)C1. The molecular formula is C34H48O5. The number of benzene rings is 2. The molecule has 2 saturated carbocycles. The van der Waals surface area contributed by atoms with Crippen molar-refractivity contribution in [3.63, 3.8) is 0 Å². The second-order valence-electron chi connectivity index (χ2n) is 11.2. The fourth-order valence-corrected chi connectivity index (χ4v) is 5.07. The average molecular weight is 537 g/mol. The third-order valence-electron chi connectivity index (χ3n) is 7.55. The van der Waals surface area contributed by atoms with Gasteiger partial charge in [0.25, 0.3) is 0 Å². The Bertz CT molecular complexity index is 956. The molecule has 2 aliphatic carbocycles. The maximum atomic E-state index is 11.5. The van der Waals surface area contributed by atoms with Gasteiger partial charge in [0.15, 0.2) is 0 Å². The van der Waals surface area contributed by atoms with Crippen molar-refractivity contribution in [3.05, 3.63) is 71.8 Å². The van der Waals surface area contributed by atoms with E-state index in [-0.39, 0.29) is 30.8 Å². The summed E-state index contributed by atoms with van der Waals surface area (Å²) in [6.07, 6.45) is 11.6. The molecule has 0 heterocycles. The van der Waals surface area contributed by atoms with Crippen LogP contribution >= 0.6 is 0 Å². The molecule has 214 valence electrons. The average Bonchev–Trinajstić information content (AvgIpc) is 3.28. The first-order valence-corrected chi connectivity index (χ1v) is 14.7. The summed E-state index contributed by atoms with van der Waals surface area (Å²) in [6.45, 7) is 2.17. The monoisotopic (exact) mass is 536 g/mol. The van der Waals surface area contributed by atoms with E-state index in [1.165, 1.54) is 30.4 Å². The molecular weight excluding hydrogens is 488 g/mol. The molecule has 2 aromatic rings. The Balaban J connectivity index is 0.000000216. The molecule has 2 N–H and O–H groups in total. The summed E-state index contributed by atoms with van der Waals surface area (Å²) >= 11 is 0. The smallest absolute Gasteiger partial charge is 0.133 e. The molecule has 2 aromatic carbocycles. The van der Waals surface area contributed by atoms with Crippen molar-refractivity contribution in [3.8, 4) is 0 Å². The van der Waals surface area contributed by atoms with E-state index in [0.29, 0.717) is 43.2 Å². The number of hydrogen-bond donors (Lipinski definition) is 2. The molecule has 0 amide bonds. The number of ketones is 3. The Morgan fingerprint density at radius 3 is 1.92 bits per heavy atom. The molecule has 4 rings (SSSR count). The highest BCUT2D eigenvalue weighted by molar-refractivity contribution is 5.80. The van der Waals surface area contributed by atoms with E-state index in [2.05, 4.69) is 30.3 Å². The number of hydrogen-bond acceptors (Lipinski definition) is 5. The maximum Gasteiger partial charge on any atom is 0.133 e. The molecule has 5 nitrogen and oxygen atoms in total. The lowest BCUT2D eigenvalue weighted by molar-refractivity contribution is -0.120. The third kappa shape index (κ3) is 14.9. The van der Waals surface area contributed by atoms with Gasteiger partial charge in [-0.2, -0.15) is 0 Å². The number of Topliss-reactive ketones (excluding diaryl/α,β-unsaturated/α-hetero) is 3. The second-order valence-corrected chi connectivity index (χ2v) is 11.2. The fourth-order valence-electron chi connectivity index (χ4n) is 5.07.